The Labute approximate surface area is 133 Å². The number of aliphatic hydroxyl groups is 1. The van der Waals surface area contributed by atoms with Crippen LogP contribution in [0, 0.1) is 13.8 Å². The Morgan fingerprint density at radius 3 is 2.52 bits per heavy atom. The smallest absolute Gasteiger partial charge is 0.262 e. The molecule has 0 unspecified atom stereocenters. The van der Waals surface area contributed by atoms with Gasteiger partial charge in [-0.15, -0.1) is 0 Å². The molecule has 2 N–H and O–H groups in total. The highest BCUT2D eigenvalue weighted by molar-refractivity contribution is 9.10. The Morgan fingerprint density at radius 2 is 1.90 bits per heavy atom. The van der Waals surface area contributed by atoms with Gasteiger partial charge in [0.05, 0.1) is 11.5 Å². The van der Waals surface area contributed by atoms with Crippen LogP contribution in [-0.2, 0) is 16.6 Å². The van der Waals surface area contributed by atoms with E-state index in [0.717, 1.165) is 10.0 Å². The summed E-state index contributed by atoms with van der Waals surface area (Å²) in [6.45, 7) is 3.39. The van der Waals surface area contributed by atoms with Gasteiger partial charge >= 0.3 is 0 Å². The summed E-state index contributed by atoms with van der Waals surface area (Å²) in [6, 6.07) is 10.2. The fourth-order valence-corrected chi connectivity index (χ4v) is 3.85. The molecule has 0 aliphatic heterocycles. The molecule has 0 spiro atoms. The molecule has 0 saturated heterocycles. The van der Waals surface area contributed by atoms with Gasteiger partial charge < -0.3 is 5.11 Å². The molecule has 6 heteroatoms. The SMILES string of the molecule is Cc1cc(CO)cc(S(=O)(=O)Nc2cccc(Br)c2)c1C. The van der Waals surface area contributed by atoms with E-state index < -0.39 is 10.0 Å². The first-order valence-electron chi connectivity index (χ1n) is 6.33. The molecule has 2 aromatic rings. The summed E-state index contributed by atoms with van der Waals surface area (Å²) in [5, 5.41) is 9.25. The summed E-state index contributed by atoms with van der Waals surface area (Å²) in [4.78, 5) is 0.187. The molecule has 0 bridgehead atoms. The zero-order chi connectivity index (χ0) is 15.6. The Bertz CT molecular complexity index is 772. The highest BCUT2D eigenvalue weighted by Gasteiger charge is 2.19. The molecule has 0 aromatic heterocycles. The quantitative estimate of drug-likeness (QED) is 0.867. The van der Waals surface area contributed by atoms with Crippen molar-refractivity contribution in [3.63, 3.8) is 0 Å². The van der Waals surface area contributed by atoms with E-state index in [-0.39, 0.29) is 11.5 Å². The van der Waals surface area contributed by atoms with Gasteiger partial charge in [0.15, 0.2) is 0 Å². The van der Waals surface area contributed by atoms with Crippen molar-refractivity contribution < 1.29 is 13.5 Å². The van der Waals surface area contributed by atoms with Crippen molar-refractivity contribution in [3.8, 4) is 0 Å². The second kappa shape index (κ2) is 6.17. The first-order chi connectivity index (χ1) is 9.83. The maximum Gasteiger partial charge on any atom is 0.262 e. The van der Waals surface area contributed by atoms with Crippen LogP contribution in [0.4, 0.5) is 5.69 Å². The third-order valence-corrected chi connectivity index (χ3v) is 5.23. The van der Waals surface area contributed by atoms with E-state index in [0.29, 0.717) is 16.8 Å². The van der Waals surface area contributed by atoms with Crippen LogP contribution in [0.3, 0.4) is 0 Å². The largest absolute Gasteiger partial charge is 0.392 e. The van der Waals surface area contributed by atoms with Crippen molar-refractivity contribution in [2.24, 2.45) is 0 Å². The van der Waals surface area contributed by atoms with E-state index in [1.807, 2.05) is 13.0 Å². The average Bonchev–Trinajstić information content (AvgIpc) is 2.41. The molecule has 0 heterocycles. The van der Waals surface area contributed by atoms with E-state index in [1.165, 1.54) is 6.07 Å². The van der Waals surface area contributed by atoms with Gasteiger partial charge in [-0.3, -0.25) is 4.72 Å². The van der Waals surface area contributed by atoms with E-state index in [4.69, 9.17) is 0 Å². The lowest BCUT2D eigenvalue weighted by Crippen LogP contribution is -2.15. The Hall–Kier alpha value is -1.37. The molecule has 2 aromatic carbocycles. The number of aryl methyl sites for hydroxylation is 1. The van der Waals surface area contributed by atoms with Crippen LogP contribution in [0.25, 0.3) is 0 Å². The number of sulfonamides is 1. The predicted molar refractivity (Wildman–Crippen MR) is 86.8 cm³/mol. The van der Waals surface area contributed by atoms with Crippen LogP contribution in [-0.4, -0.2) is 13.5 Å². The topological polar surface area (TPSA) is 66.4 Å². The monoisotopic (exact) mass is 369 g/mol. The molecule has 0 atom stereocenters. The van der Waals surface area contributed by atoms with Gasteiger partial charge in [0.25, 0.3) is 10.0 Å². The third-order valence-electron chi connectivity index (χ3n) is 3.23. The number of hydrogen-bond donors (Lipinski definition) is 2. The molecule has 0 aliphatic carbocycles. The lowest BCUT2D eigenvalue weighted by molar-refractivity contribution is 0.281. The van der Waals surface area contributed by atoms with Crippen molar-refractivity contribution >= 4 is 31.6 Å². The summed E-state index contributed by atoms with van der Waals surface area (Å²) in [5.41, 5.74) is 2.56. The number of benzene rings is 2. The van der Waals surface area contributed by atoms with E-state index >= 15 is 0 Å². The van der Waals surface area contributed by atoms with Crippen molar-refractivity contribution in [1.82, 2.24) is 0 Å². The number of halogens is 1. The standard InChI is InChI=1S/C15H16BrNO3S/c1-10-6-12(9-18)7-15(11(10)2)21(19,20)17-14-5-3-4-13(16)8-14/h3-8,17-18H,9H2,1-2H3. The second-order valence-electron chi connectivity index (χ2n) is 4.81. The molecular formula is C15H16BrNO3S. The number of rotatable bonds is 4. The predicted octanol–water partition coefficient (Wildman–Crippen LogP) is 3.36. The molecule has 0 fully saturated rings. The van der Waals surface area contributed by atoms with E-state index in [1.54, 1.807) is 31.2 Å². The third kappa shape index (κ3) is 3.64. The van der Waals surface area contributed by atoms with Crippen molar-refractivity contribution in [2.45, 2.75) is 25.3 Å². The lowest BCUT2D eigenvalue weighted by atomic mass is 10.1. The van der Waals surface area contributed by atoms with Gasteiger partial charge in [-0.25, -0.2) is 8.42 Å². The molecule has 2 rings (SSSR count). The molecular weight excluding hydrogens is 354 g/mol. The zero-order valence-electron chi connectivity index (χ0n) is 11.7. The van der Waals surface area contributed by atoms with E-state index in [2.05, 4.69) is 20.7 Å². The second-order valence-corrected chi connectivity index (χ2v) is 7.38. The number of hydrogen-bond acceptors (Lipinski definition) is 3. The minimum Gasteiger partial charge on any atom is -0.392 e. The molecule has 112 valence electrons. The molecule has 0 radical (unpaired) electrons. The Morgan fingerprint density at radius 1 is 1.19 bits per heavy atom. The summed E-state index contributed by atoms with van der Waals surface area (Å²) >= 11 is 3.31. The summed E-state index contributed by atoms with van der Waals surface area (Å²) in [6.07, 6.45) is 0. The molecule has 0 amide bonds. The van der Waals surface area contributed by atoms with Crippen LogP contribution < -0.4 is 4.72 Å². The molecule has 0 aliphatic rings. The van der Waals surface area contributed by atoms with Gasteiger partial charge in [0.2, 0.25) is 0 Å². The van der Waals surface area contributed by atoms with Gasteiger partial charge in [0.1, 0.15) is 0 Å². The average molecular weight is 370 g/mol. The van der Waals surface area contributed by atoms with Crippen molar-refractivity contribution in [2.75, 3.05) is 4.72 Å². The van der Waals surface area contributed by atoms with Crippen molar-refractivity contribution in [3.05, 3.63) is 57.6 Å². The fraction of sp³-hybridized carbons (Fsp3) is 0.200. The van der Waals surface area contributed by atoms with Crippen molar-refractivity contribution in [1.29, 1.82) is 0 Å². The molecule has 21 heavy (non-hydrogen) atoms. The number of anilines is 1. The summed E-state index contributed by atoms with van der Waals surface area (Å²) in [5.74, 6) is 0. The highest BCUT2D eigenvalue weighted by Crippen LogP contribution is 2.25. The van der Waals surface area contributed by atoms with Gasteiger partial charge in [-0.2, -0.15) is 0 Å². The number of nitrogens with one attached hydrogen (secondary N) is 1. The maximum atomic E-state index is 12.5. The van der Waals surface area contributed by atoms with Crippen LogP contribution >= 0.6 is 15.9 Å². The van der Waals surface area contributed by atoms with Gasteiger partial charge in [0, 0.05) is 10.2 Å². The van der Waals surface area contributed by atoms with Crippen LogP contribution in [0.1, 0.15) is 16.7 Å². The van der Waals surface area contributed by atoms with Crippen LogP contribution in [0.2, 0.25) is 0 Å². The Balaban J connectivity index is 2.47. The Kier molecular flexibility index (Phi) is 4.70. The van der Waals surface area contributed by atoms with Crippen LogP contribution in [0.5, 0.6) is 0 Å². The first kappa shape index (κ1) is 16.0. The summed E-state index contributed by atoms with van der Waals surface area (Å²) in [7, 11) is -3.70. The highest BCUT2D eigenvalue weighted by atomic mass is 79.9. The maximum absolute atomic E-state index is 12.5. The minimum absolute atomic E-state index is 0.187. The van der Waals surface area contributed by atoms with Crippen LogP contribution in [0.15, 0.2) is 45.8 Å². The zero-order valence-corrected chi connectivity index (χ0v) is 14.1. The van der Waals surface area contributed by atoms with E-state index in [9.17, 15) is 13.5 Å². The normalized spacial score (nSPS) is 11.4. The lowest BCUT2D eigenvalue weighted by Gasteiger charge is -2.13. The van der Waals surface area contributed by atoms with Gasteiger partial charge in [-0.05, 0) is 54.8 Å². The van der Waals surface area contributed by atoms with Gasteiger partial charge in [-0.1, -0.05) is 28.1 Å². The number of aliphatic hydroxyl groups excluding tert-OH is 1. The summed E-state index contributed by atoms with van der Waals surface area (Å²) < 4.78 is 28.4. The molecule has 0 saturated carbocycles. The first-order valence-corrected chi connectivity index (χ1v) is 8.60. The minimum atomic E-state index is -3.70. The fourth-order valence-electron chi connectivity index (χ4n) is 2.03. The molecule has 4 nitrogen and oxygen atoms in total.